The van der Waals surface area contributed by atoms with Crippen LogP contribution in [0.15, 0.2) is 24.3 Å². The number of phenolic OH excluding ortho intramolecular Hbond substituents is 1. The van der Waals surface area contributed by atoms with Crippen molar-refractivity contribution < 1.29 is 9.84 Å². The molecule has 0 aromatic heterocycles. The van der Waals surface area contributed by atoms with Crippen LogP contribution in [0.4, 0.5) is 0 Å². The Labute approximate surface area is 97.7 Å². The van der Waals surface area contributed by atoms with Crippen LogP contribution in [0, 0.1) is 0 Å². The van der Waals surface area contributed by atoms with Crippen molar-refractivity contribution >= 4 is 0 Å². The predicted octanol–water partition coefficient (Wildman–Crippen LogP) is 2.42. The molecule has 1 unspecified atom stereocenters. The number of aromatic hydroxyl groups is 1. The third kappa shape index (κ3) is 3.51. The molecule has 3 heteroatoms. The Kier molecular flexibility index (Phi) is 5.29. The fraction of sp³-hybridized carbons (Fsp3) is 0.538. The zero-order chi connectivity index (χ0) is 12.0. The Morgan fingerprint density at radius 1 is 1.44 bits per heavy atom. The van der Waals surface area contributed by atoms with Crippen LogP contribution < -0.4 is 0 Å². The molecule has 0 radical (unpaired) electrons. The topological polar surface area (TPSA) is 32.7 Å². The second-order valence-electron chi connectivity index (χ2n) is 3.89. The van der Waals surface area contributed by atoms with Crippen LogP contribution >= 0.6 is 0 Å². The lowest BCUT2D eigenvalue weighted by Gasteiger charge is -2.27. The number of hydrogen-bond acceptors (Lipinski definition) is 3. The van der Waals surface area contributed by atoms with Crippen molar-refractivity contribution in [2.24, 2.45) is 0 Å². The van der Waals surface area contributed by atoms with Crippen LogP contribution in [-0.2, 0) is 4.74 Å². The highest BCUT2D eigenvalue weighted by Gasteiger charge is 2.13. The van der Waals surface area contributed by atoms with E-state index in [1.165, 1.54) is 0 Å². The Morgan fingerprint density at radius 2 is 2.19 bits per heavy atom. The summed E-state index contributed by atoms with van der Waals surface area (Å²) < 4.78 is 5.09. The summed E-state index contributed by atoms with van der Waals surface area (Å²) in [5.74, 6) is 0.326. The van der Waals surface area contributed by atoms with Gasteiger partial charge in [0.15, 0.2) is 0 Å². The highest BCUT2D eigenvalue weighted by atomic mass is 16.5. The van der Waals surface area contributed by atoms with Gasteiger partial charge in [0, 0.05) is 19.7 Å². The van der Waals surface area contributed by atoms with Gasteiger partial charge >= 0.3 is 0 Å². The third-order valence-electron chi connectivity index (χ3n) is 2.89. The van der Waals surface area contributed by atoms with Crippen LogP contribution in [-0.4, -0.2) is 36.8 Å². The minimum atomic E-state index is 0.298. The molecule has 0 amide bonds. The summed E-state index contributed by atoms with van der Waals surface area (Å²) in [6.07, 6.45) is 0. The maximum Gasteiger partial charge on any atom is 0.115 e. The van der Waals surface area contributed by atoms with Gasteiger partial charge in [-0.25, -0.2) is 0 Å². The molecule has 1 atom stereocenters. The van der Waals surface area contributed by atoms with E-state index in [9.17, 15) is 5.11 Å². The summed E-state index contributed by atoms with van der Waals surface area (Å²) >= 11 is 0. The molecule has 90 valence electrons. The van der Waals surface area contributed by atoms with Gasteiger partial charge in [-0.2, -0.15) is 0 Å². The molecule has 0 heterocycles. The number of benzene rings is 1. The van der Waals surface area contributed by atoms with E-state index in [2.05, 4.69) is 18.7 Å². The molecule has 1 N–H and O–H groups in total. The molecule has 1 rings (SSSR count). The lowest BCUT2D eigenvalue weighted by molar-refractivity contribution is 0.129. The van der Waals surface area contributed by atoms with Gasteiger partial charge in [0.2, 0.25) is 0 Å². The van der Waals surface area contributed by atoms with Gasteiger partial charge in [-0.15, -0.1) is 0 Å². The van der Waals surface area contributed by atoms with Gasteiger partial charge in [-0.1, -0.05) is 19.1 Å². The molecule has 0 fully saturated rings. The highest BCUT2D eigenvalue weighted by Crippen LogP contribution is 2.22. The second-order valence-corrected chi connectivity index (χ2v) is 3.89. The van der Waals surface area contributed by atoms with Gasteiger partial charge in [0.25, 0.3) is 0 Å². The molecule has 1 aromatic carbocycles. The van der Waals surface area contributed by atoms with E-state index in [-0.39, 0.29) is 0 Å². The minimum absolute atomic E-state index is 0.298. The number of nitrogens with zero attached hydrogens (tertiary/aromatic N) is 1. The first-order chi connectivity index (χ1) is 7.69. The monoisotopic (exact) mass is 223 g/mol. The van der Waals surface area contributed by atoms with Gasteiger partial charge in [0.05, 0.1) is 6.61 Å². The Bertz CT molecular complexity index is 315. The fourth-order valence-corrected chi connectivity index (χ4v) is 1.83. The Balaban J connectivity index is 2.70. The fourth-order valence-electron chi connectivity index (χ4n) is 1.83. The number of likely N-dealkylation sites (N-methyl/N-ethyl adjacent to an activating group) is 1. The van der Waals surface area contributed by atoms with Gasteiger partial charge < -0.3 is 9.84 Å². The SMILES string of the molecule is CCN(CCOC)C(C)c1cccc(O)c1. The zero-order valence-corrected chi connectivity index (χ0v) is 10.3. The lowest BCUT2D eigenvalue weighted by Crippen LogP contribution is -2.30. The highest BCUT2D eigenvalue weighted by molar-refractivity contribution is 5.29. The quantitative estimate of drug-likeness (QED) is 0.804. The van der Waals surface area contributed by atoms with Crippen molar-refractivity contribution in [1.29, 1.82) is 0 Å². The molecule has 0 aliphatic carbocycles. The summed E-state index contributed by atoms with van der Waals surface area (Å²) in [6, 6.07) is 7.74. The molecular formula is C13H21NO2. The first-order valence-electron chi connectivity index (χ1n) is 5.71. The molecule has 0 spiro atoms. The Hall–Kier alpha value is -1.06. The first-order valence-corrected chi connectivity index (χ1v) is 5.71. The molecule has 16 heavy (non-hydrogen) atoms. The summed E-state index contributed by atoms with van der Waals surface area (Å²) in [5, 5.41) is 9.45. The largest absolute Gasteiger partial charge is 0.508 e. The van der Waals surface area contributed by atoms with Crippen molar-refractivity contribution in [1.82, 2.24) is 4.90 Å². The minimum Gasteiger partial charge on any atom is -0.508 e. The van der Waals surface area contributed by atoms with Gasteiger partial charge in [-0.3, -0.25) is 4.90 Å². The molecule has 0 saturated heterocycles. The summed E-state index contributed by atoms with van der Waals surface area (Å²) in [4.78, 5) is 2.32. The molecule has 0 aliphatic heterocycles. The van der Waals surface area contributed by atoms with E-state index in [0.717, 1.165) is 25.3 Å². The summed E-state index contributed by atoms with van der Waals surface area (Å²) in [6.45, 7) is 6.89. The maximum absolute atomic E-state index is 9.45. The van der Waals surface area contributed by atoms with Crippen molar-refractivity contribution in [2.45, 2.75) is 19.9 Å². The first kappa shape index (κ1) is 13.0. The molecule has 0 saturated carbocycles. The maximum atomic E-state index is 9.45. The summed E-state index contributed by atoms with van der Waals surface area (Å²) in [7, 11) is 1.72. The average Bonchev–Trinajstić information content (AvgIpc) is 2.29. The van der Waals surface area contributed by atoms with E-state index in [4.69, 9.17) is 4.74 Å². The number of rotatable bonds is 6. The smallest absolute Gasteiger partial charge is 0.115 e. The number of ether oxygens (including phenoxy) is 1. The van der Waals surface area contributed by atoms with E-state index in [0.29, 0.717) is 11.8 Å². The molecule has 1 aromatic rings. The van der Waals surface area contributed by atoms with Crippen molar-refractivity contribution in [3.05, 3.63) is 29.8 Å². The van der Waals surface area contributed by atoms with Gasteiger partial charge in [-0.05, 0) is 31.2 Å². The van der Waals surface area contributed by atoms with Gasteiger partial charge in [0.1, 0.15) is 5.75 Å². The van der Waals surface area contributed by atoms with Crippen LogP contribution in [0.25, 0.3) is 0 Å². The van der Waals surface area contributed by atoms with Crippen LogP contribution in [0.1, 0.15) is 25.5 Å². The average molecular weight is 223 g/mol. The van der Waals surface area contributed by atoms with Crippen molar-refractivity contribution in [3.63, 3.8) is 0 Å². The molecular weight excluding hydrogens is 202 g/mol. The number of hydrogen-bond donors (Lipinski definition) is 1. The van der Waals surface area contributed by atoms with Crippen molar-refractivity contribution in [3.8, 4) is 5.75 Å². The predicted molar refractivity (Wildman–Crippen MR) is 65.6 cm³/mol. The Morgan fingerprint density at radius 3 is 2.75 bits per heavy atom. The standard InChI is InChI=1S/C13H21NO2/c1-4-14(8-9-16-3)11(2)12-6-5-7-13(15)10-12/h5-7,10-11,15H,4,8-9H2,1-3H3. The van der Waals surface area contributed by atoms with Crippen LogP contribution in [0.5, 0.6) is 5.75 Å². The van der Waals surface area contributed by atoms with E-state index >= 15 is 0 Å². The van der Waals surface area contributed by atoms with Crippen LogP contribution in [0.3, 0.4) is 0 Å². The summed E-state index contributed by atoms with van der Waals surface area (Å²) in [5.41, 5.74) is 1.14. The lowest BCUT2D eigenvalue weighted by atomic mass is 10.1. The van der Waals surface area contributed by atoms with E-state index in [1.807, 2.05) is 18.2 Å². The molecule has 0 aliphatic rings. The normalized spacial score (nSPS) is 13.0. The number of phenols is 1. The zero-order valence-electron chi connectivity index (χ0n) is 10.3. The molecule has 3 nitrogen and oxygen atoms in total. The van der Waals surface area contributed by atoms with Crippen LogP contribution in [0.2, 0.25) is 0 Å². The number of methoxy groups -OCH3 is 1. The van der Waals surface area contributed by atoms with E-state index < -0.39 is 0 Å². The molecule has 0 bridgehead atoms. The van der Waals surface area contributed by atoms with Crippen molar-refractivity contribution in [2.75, 3.05) is 26.8 Å². The third-order valence-corrected chi connectivity index (χ3v) is 2.89. The van der Waals surface area contributed by atoms with E-state index in [1.54, 1.807) is 13.2 Å². The second kappa shape index (κ2) is 6.51.